The predicted molar refractivity (Wildman–Crippen MR) is 108 cm³/mol. The molecule has 6 nitrogen and oxygen atoms in total. The van der Waals surface area contributed by atoms with Gasteiger partial charge in [0.1, 0.15) is 0 Å². The van der Waals surface area contributed by atoms with Crippen molar-refractivity contribution in [3.05, 3.63) is 16.1 Å². The van der Waals surface area contributed by atoms with Gasteiger partial charge in [-0.3, -0.25) is 4.99 Å². The molecule has 1 aromatic heterocycles. The molecule has 1 aliphatic rings. The summed E-state index contributed by atoms with van der Waals surface area (Å²) in [5.41, 5.74) is 0. The molecule has 1 saturated heterocycles. The fraction of sp³-hybridized carbons (Fsp3) is 0.778. The first kappa shape index (κ1) is 20.1. The van der Waals surface area contributed by atoms with Gasteiger partial charge in [0.15, 0.2) is 5.96 Å². The van der Waals surface area contributed by atoms with Crippen LogP contribution in [0.3, 0.4) is 0 Å². The van der Waals surface area contributed by atoms with Gasteiger partial charge in [0, 0.05) is 63.8 Å². The molecule has 1 aromatic rings. The van der Waals surface area contributed by atoms with Crippen molar-refractivity contribution >= 4 is 17.3 Å². The molecule has 0 radical (unpaired) electrons. The first-order chi connectivity index (χ1) is 12.2. The van der Waals surface area contributed by atoms with E-state index in [1.54, 1.807) is 11.3 Å². The summed E-state index contributed by atoms with van der Waals surface area (Å²) >= 11 is 1.77. The number of hydrogen-bond donors (Lipinski definition) is 2. The summed E-state index contributed by atoms with van der Waals surface area (Å²) in [5, 5.41) is 7.96. The summed E-state index contributed by atoms with van der Waals surface area (Å²) < 4.78 is 0. The van der Waals surface area contributed by atoms with Crippen LogP contribution in [-0.4, -0.2) is 80.1 Å². The Kier molecular flexibility index (Phi) is 9.21. The molecule has 2 rings (SSSR count). The maximum absolute atomic E-state index is 4.39. The van der Waals surface area contributed by atoms with Crippen molar-refractivity contribution < 1.29 is 0 Å². The molecule has 0 aromatic carbocycles. The van der Waals surface area contributed by atoms with Gasteiger partial charge in [0.2, 0.25) is 0 Å². The molecular weight excluding hydrogens is 332 g/mol. The van der Waals surface area contributed by atoms with Crippen molar-refractivity contribution in [3.63, 3.8) is 0 Å². The fourth-order valence-electron chi connectivity index (χ4n) is 3.02. The fourth-order valence-corrected chi connectivity index (χ4v) is 3.81. The highest BCUT2D eigenvalue weighted by Crippen LogP contribution is 2.10. The van der Waals surface area contributed by atoms with Gasteiger partial charge in [-0.25, -0.2) is 4.98 Å². The number of likely N-dealkylation sites (N-methyl/N-ethyl adjacent to an activating group) is 1. The zero-order valence-corrected chi connectivity index (χ0v) is 16.9. The second-order valence-electron chi connectivity index (χ2n) is 6.52. The van der Waals surface area contributed by atoms with Gasteiger partial charge in [-0.1, -0.05) is 6.92 Å². The van der Waals surface area contributed by atoms with E-state index in [-0.39, 0.29) is 0 Å². The van der Waals surface area contributed by atoms with E-state index >= 15 is 0 Å². The first-order valence-corrected chi connectivity index (χ1v) is 10.3. The zero-order chi connectivity index (χ0) is 17.9. The Bertz CT molecular complexity index is 507. The van der Waals surface area contributed by atoms with Crippen LogP contribution in [0.4, 0.5) is 0 Å². The van der Waals surface area contributed by atoms with Gasteiger partial charge in [0.25, 0.3) is 0 Å². The molecule has 0 amide bonds. The first-order valence-electron chi connectivity index (χ1n) is 9.51. The summed E-state index contributed by atoms with van der Waals surface area (Å²) in [7, 11) is 1.83. The van der Waals surface area contributed by atoms with Crippen LogP contribution in [0.5, 0.6) is 0 Å². The number of piperazine rings is 1. The maximum Gasteiger partial charge on any atom is 0.190 e. The topological polar surface area (TPSA) is 55.8 Å². The van der Waals surface area contributed by atoms with Crippen molar-refractivity contribution in [2.45, 2.75) is 33.1 Å². The Morgan fingerprint density at radius 1 is 1.16 bits per heavy atom. The number of aryl methyl sites for hydroxylation is 1. The van der Waals surface area contributed by atoms with E-state index in [2.05, 4.69) is 44.3 Å². The molecule has 25 heavy (non-hydrogen) atoms. The summed E-state index contributed by atoms with van der Waals surface area (Å²) in [5.74, 6) is 0.893. The molecule has 7 heteroatoms. The van der Waals surface area contributed by atoms with Crippen molar-refractivity contribution in [1.82, 2.24) is 25.4 Å². The lowest BCUT2D eigenvalue weighted by Crippen LogP contribution is -2.46. The standard InChI is InChI=1S/C18H34N6S/c1-4-23-11-13-24(14-12-23)10-6-5-8-20-18(19-3)21-9-7-17-22-15-16(2)25-17/h15H,4-14H2,1-3H3,(H2,19,20,21). The summed E-state index contributed by atoms with van der Waals surface area (Å²) in [6.07, 6.45) is 5.31. The van der Waals surface area contributed by atoms with Gasteiger partial charge < -0.3 is 20.4 Å². The van der Waals surface area contributed by atoms with Crippen LogP contribution >= 0.6 is 11.3 Å². The summed E-state index contributed by atoms with van der Waals surface area (Å²) in [6.45, 7) is 13.5. The highest BCUT2D eigenvalue weighted by molar-refractivity contribution is 7.11. The van der Waals surface area contributed by atoms with Crippen LogP contribution < -0.4 is 10.6 Å². The van der Waals surface area contributed by atoms with E-state index in [0.717, 1.165) is 25.5 Å². The number of thiazole rings is 1. The van der Waals surface area contributed by atoms with Crippen LogP contribution in [0.15, 0.2) is 11.2 Å². The van der Waals surface area contributed by atoms with Crippen LogP contribution in [0.1, 0.15) is 29.7 Å². The van der Waals surface area contributed by atoms with Crippen LogP contribution in [0.25, 0.3) is 0 Å². The monoisotopic (exact) mass is 366 g/mol. The minimum atomic E-state index is 0.869. The molecule has 0 bridgehead atoms. The smallest absolute Gasteiger partial charge is 0.190 e. The van der Waals surface area contributed by atoms with Gasteiger partial charge in [-0.2, -0.15) is 0 Å². The van der Waals surface area contributed by atoms with Crippen LogP contribution in [-0.2, 0) is 6.42 Å². The van der Waals surface area contributed by atoms with Crippen LogP contribution in [0.2, 0.25) is 0 Å². The molecular formula is C18H34N6S. The Morgan fingerprint density at radius 3 is 2.52 bits per heavy atom. The average molecular weight is 367 g/mol. The number of hydrogen-bond acceptors (Lipinski definition) is 5. The Balaban J connectivity index is 1.49. The number of guanidine groups is 1. The van der Waals surface area contributed by atoms with E-state index in [4.69, 9.17) is 0 Å². The summed E-state index contributed by atoms with van der Waals surface area (Å²) in [4.78, 5) is 15.1. The van der Waals surface area contributed by atoms with E-state index in [9.17, 15) is 0 Å². The number of nitrogens with zero attached hydrogens (tertiary/aromatic N) is 4. The zero-order valence-electron chi connectivity index (χ0n) is 16.1. The van der Waals surface area contributed by atoms with Gasteiger partial charge in [-0.15, -0.1) is 11.3 Å². The third-order valence-electron chi connectivity index (χ3n) is 4.63. The molecule has 0 spiro atoms. The second kappa shape index (κ2) is 11.4. The highest BCUT2D eigenvalue weighted by atomic mass is 32.1. The summed E-state index contributed by atoms with van der Waals surface area (Å²) in [6, 6.07) is 0. The van der Waals surface area contributed by atoms with E-state index in [0.29, 0.717) is 0 Å². The molecule has 0 saturated carbocycles. The van der Waals surface area contributed by atoms with Crippen LogP contribution in [0, 0.1) is 6.92 Å². The molecule has 0 unspecified atom stereocenters. The number of unbranched alkanes of at least 4 members (excludes halogenated alkanes) is 1. The Labute approximate surface area is 156 Å². The molecule has 0 atom stereocenters. The third kappa shape index (κ3) is 7.71. The number of nitrogens with one attached hydrogen (secondary N) is 2. The number of rotatable bonds is 9. The lowest BCUT2D eigenvalue weighted by atomic mass is 10.2. The normalized spacial score (nSPS) is 17.0. The van der Waals surface area contributed by atoms with Crippen molar-refractivity contribution in [2.75, 3.05) is 59.4 Å². The predicted octanol–water partition coefficient (Wildman–Crippen LogP) is 1.58. The SMILES string of the molecule is CCN1CCN(CCCCNC(=NC)NCCc2ncc(C)s2)CC1. The lowest BCUT2D eigenvalue weighted by Gasteiger charge is -2.34. The van der Waals surface area contributed by atoms with E-state index in [1.807, 2.05) is 13.2 Å². The quantitative estimate of drug-likeness (QED) is 0.395. The molecule has 142 valence electrons. The van der Waals surface area contributed by atoms with E-state index < -0.39 is 0 Å². The van der Waals surface area contributed by atoms with Crippen molar-refractivity contribution in [3.8, 4) is 0 Å². The molecule has 1 fully saturated rings. The minimum Gasteiger partial charge on any atom is -0.356 e. The van der Waals surface area contributed by atoms with Gasteiger partial charge in [0.05, 0.1) is 5.01 Å². The largest absolute Gasteiger partial charge is 0.356 e. The average Bonchev–Trinajstić information content (AvgIpc) is 3.05. The van der Waals surface area contributed by atoms with Gasteiger partial charge >= 0.3 is 0 Å². The molecule has 2 N–H and O–H groups in total. The Hall–Kier alpha value is -1.18. The lowest BCUT2D eigenvalue weighted by molar-refractivity contribution is 0.136. The van der Waals surface area contributed by atoms with E-state index in [1.165, 1.54) is 62.0 Å². The maximum atomic E-state index is 4.39. The van der Waals surface area contributed by atoms with Gasteiger partial charge in [-0.05, 0) is 32.9 Å². The Morgan fingerprint density at radius 2 is 1.88 bits per heavy atom. The molecule has 1 aliphatic heterocycles. The third-order valence-corrected chi connectivity index (χ3v) is 5.60. The second-order valence-corrected chi connectivity index (χ2v) is 7.84. The number of aliphatic imine (C=N–C) groups is 1. The molecule has 2 heterocycles. The molecule has 0 aliphatic carbocycles. The van der Waals surface area contributed by atoms with Crippen molar-refractivity contribution in [1.29, 1.82) is 0 Å². The number of aromatic nitrogens is 1. The highest BCUT2D eigenvalue weighted by Gasteiger charge is 2.14. The van der Waals surface area contributed by atoms with Crippen molar-refractivity contribution in [2.24, 2.45) is 4.99 Å². The minimum absolute atomic E-state index is 0.869.